The van der Waals surface area contributed by atoms with E-state index in [2.05, 4.69) is 42.3 Å². The standard InChI is InChI=1S/C17H27ClN2O/c1-4-19-13(2)15-7-6-14(12-16(15)18)20-10-5-8-17(3,21)9-11-20/h6-7,12-13,19,21H,4-5,8-11H2,1-3H3. The lowest BCUT2D eigenvalue weighted by atomic mass is 9.98. The Balaban J connectivity index is 2.12. The van der Waals surface area contributed by atoms with Gasteiger partial charge in [0, 0.05) is 29.8 Å². The minimum atomic E-state index is -0.530. The summed E-state index contributed by atoms with van der Waals surface area (Å²) in [6.45, 7) is 8.96. The summed E-state index contributed by atoms with van der Waals surface area (Å²) in [4.78, 5) is 2.33. The van der Waals surface area contributed by atoms with Gasteiger partial charge in [-0.15, -0.1) is 0 Å². The fourth-order valence-electron chi connectivity index (χ4n) is 3.00. The molecule has 0 bridgehead atoms. The van der Waals surface area contributed by atoms with Gasteiger partial charge < -0.3 is 15.3 Å². The number of benzene rings is 1. The Hall–Kier alpha value is -0.770. The normalized spacial score (nSPS) is 24.7. The maximum Gasteiger partial charge on any atom is 0.0637 e. The molecule has 118 valence electrons. The van der Waals surface area contributed by atoms with Gasteiger partial charge in [0.25, 0.3) is 0 Å². The molecule has 4 heteroatoms. The summed E-state index contributed by atoms with van der Waals surface area (Å²) < 4.78 is 0. The first-order chi connectivity index (χ1) is 9.93. The van der Waals surface area contributed by atoms with Crippen molar-refractivity contribution in [3.63, 3.8) is 0 Å². The van der Waals surface area contributed by atoms with Gasteiger partial charge >= 0.3 is 0 Å². The van der Waals surface area contributed by atoms with E-state index in [1.165, 1.54) is 0 Å². The molecule has 1 aliphatic rings. The average Bonchev–Trinajstić information content (AvgIpc) is 2.60. The molecule has 0 spiro atoms. The van der Waals surface area contributed by atoms with E-state index in [-0.39, 0.29) is 6.04 Å². The van der Waals surface area contributed by atoms with Crippen molar-refractivity contribution in [3.8, 4) is 0 Å². The third-order valence-electron chi connectivity index (χ3n) is 4.39. The van der Waals surface area contributed by atoms with E-state index in [0.717, 1.165) is 55.2 Å². The van der Waals surface area contributed by atoms with Crippen LogP contribution in [0, 0.1) is 0 Å². The number of halogens is 1. The zero-order valence-corrected chi connectivity index (χ0v) is 14.1. The monoisotopic (exact) mass is 310 g/mol. The van der Waals surface area contributed by atoms with Crippen LogP contribution in [0.2, 0.25) is 5.02 Å². The molecule has 0 amide bonds. The van der Waals surface area contributed by atoms with Crippen LogP contribution in [0.4, 0.5) is 5.69 Å². The van der Waals surface area contributed by atoms with Crippen LogP contribution in [0.3, 0.4) is 0 Å². The van der Waals surface area contributed by atoms with Gasteiger partial charge in [0.15, 0.2) is 0 Å². The van der Waals surface area contributed by atoms with Gasteiger partial charge in [0.2, 0.25) is 0 Å². The maximum atomic E-state index is 10.2. The van der Waals surface area contributed by atoms with E-state index in [0.29, 0.717) is 0 Å². The molecule has 0 aromatic heterocycles. The summed E-state index contributed by atoms with van der Waals surface area (Å²) >= 11 is 6.46. The van der Waals surface area contributed by atoms with Gasteiger partial charge in [-0.25, -0.2) is 0 Å². The van der Waals surface area contributed by atoms with Crippen molar-refractivity contribution in [1.82, 2.24) is 5.32 Å². The fraction of sp³-hybridized carbons (Fsp3) is 0.647. The lowest BCUT2D eigenvalue weighted by Gasteiger charge is -2.25. The van der Waals surface area contributed by atoms with Crippen LogP contribution in [0.15, 0.2) is 18.2 Å². The minimum absolute atomic E-state index is 0.265. The second-order valence-electron chi connectivity index (χ2n) is 6.32. The lowest BCUT2D eigenvalue weighted by molar-refractivity contribution is 0.0481. The van der Waals surface area contributed by atoms with Crippen LogP contribution in [0.5, 0.6) is 0 Å². The summed E-state index contributed by atoms with van der Waals surface area (Å²) in [5, 5.41) is 14.4. The Morgan fingerprint density at radius 1 is 1.38 bits per heavy atom. The maximum absolute atomic E-state index is 10.2. The highest BCUT2D eigenvalue weighted by atomic mass is 35.5. The molecule has 2 unspecified atom stereocenters. The summed E-state index contributed by atoms with van der Waals surface area (Å²) in [7, 11) is 0. The van der Waals surface area contributed by atoms with Crippen molar-refractivity contribution in [3.05, 3.63) is 28.8 Å². The minimum Gasteiger partial charge on any atom is -0.390 e. The summed E-state index contributed by atoms with van der Waals surface area (Å²) in [5.74, 6) is 0. The second kappa shape index (κ2) is 6.99. The van der Waals surface area contributed by atoms with Crippen LogP contribution in [-0.2, 0) is 0 Å². The topological polar surface area (TPSA) is 35.5 Å². The van der Waals surface area contributed by atoms with Gasteiger partial charge in [0.1, 0.15) is 0 Å². The smallest absolute Gasteiger partial charge is 0.0637 e. The molecule has 21 heavy (non-hydrogen) atoms. The number of aliphatic hydroxyl groups is 1. The summed E-state index contributed by atoms with van der Waals surface area (Å²) in [6.07, 6.45) is 2.69. The van der Waals surface area contributed by atoms with Gasteiger partial charge in [-0.1, -0.05) is 24.6 Å². The highest BCUT2D eigenvalue weighted by molar-refractivity contribution is 6.31. The molecule has 1 aromatic rings. The van der Waals surface area contributed by atoms with E-state index in [9.17, 15) is 5.11 Å². The van der Waals surface area contributed by atoms with E-state index in [4.69, 9.17) is 11.6 Å². The van der Waals surface area contributed by atoms with Crippen LogP contribution in [0.1, 0.15) is 51.6 Å². The van der Waals surface area contributed by atoms with E-state index < -0.39 is 5.60 Å². The molecule has 3 nitrogen and oxygen atoms in total. The molecule has 1 heterocycles. The number of nitrogens with zero attached hydrogens (tertiary/aromatic N) is 1. The molecule has 0 aliphatic carbocycles. The van der Waals surface area contributed by atoms with Crippen LogP contribution in [-0.4, -0.2) is 30.3 Å². The SMILES string of the molecule is CCNC(C)c1ccc(N2CCCC(C)(O)CC2)cc1Cl. The summed E-state index contributed by atoms with van der Waals surface area (Å²) in [6, 6.07) is 6.59. The molecule has 1 aliphatic heterocycles. The van der Waals surface area contributed by atoms with Crippen molar-refractivity contribution in [2.75, 3.05) is 24.5 Å². The van der Waals surface area contributed by atoms with E-state index in [1.807, 2.05) is 6.92 Å². The molecule has 1 saturated heterocycles. The van der Waals surface area contributed by atoms with Crippen LogP contribution in [0.25, 0.3) is 0 Å². The Kier molecular flexibility index (Phi) is 5.53. The molecular formula is C17H27ClN2O. The van der Waals surface area contributed by atoms with E-state index in [1.54, 1.807) is 0 Å². The first-order valence-electron chi connectivity index (χ1n) is 7.93. The zero-order chi connectivity index (χ0) is 15.5. The van der Waals surface area contributed by atoms with Crippen molar-refractivity contribution in [1.29, 1.82) is 0 Å². The number of anilines is 1. The Morgan fingerprint density at radius 3 is 2.81 bits per heavy atom. The number of hydrogen-bond acceptors (Lipinski definition) is 3. The van der Waals surface area contributed by atoms with Crippen molar-refractivity contribution < 1.29 is 5.11 Å². The first kappa shape index (κ1) is 16.6. The number of rotatable bonds is 4. The molecule has 2 atom stereocenters. The largest absolute Gasteiger partial charge is 0.390 e. The Bertz CT molecular complexity index is 476. The third kappa shape index (κ3) is 4.35. The fourth-order valence-corrected chi connectivity index (χ4v) is 3.34. The quantitative estimate of drug-likeness (QED) is 0.889. The molecule has 1 aromatic carbocycles. The second-order valence-corrected chi connectivity index (χ2v) is 6.73. The lowest BCUT2D eigenvalue weighted by Crippen LogP contribution is -2.28. The third-order valence-corrected chi connectivity index (χ3v) is 4.72. The Labute approximate surface area is 133 Å². The highest BCUT2D eigenvalue weighted by Gasteiger charge is 2.25. The Morgan fingerprint density at radius 2 is 2.14 bits per heavy atom. The van der Waals surface area contributed by atoms with Crippen LogP contribution >= 0.6 is 11.6 Å². The van der Waals surface area contributed by atoms with Crippen LogP contribution < -0.4 is 10.2 Å². The van der Waals surface area contributed by atoms with Crippen molar-refractivity contribution in [2.45, 2.75) is 51.7 Å². The molecule has 0 saturated carbocycles. The van der Waals surface area contributed by atoms with Crippen molar-refractivity contribution in [2.24, 2.45) is 0 Å². The molecule has 0 radical (unpaired) electrons. The van der Waals surface area contributed by atoms with Gasteiger partial charge in [-0.05, 0) is 57.4 Å². The number of nitrogens with one attached hydrogen (secondary N) is 1. The molecule has 2 rings (SSSR count). The van der Waals surface area contributed by atoms with Gasteiger partial charge in [-0.2, -0.15) is 0 Å². The first-order valence-corrected chi connectivity index (χ1v) is 8.31. The number of hydrogen-bond donors (Lipinski definition) is 2. The average molecular weight is 311 g/mol. The van der Waals surface area contributed by atoms with Crippen molar-refractivity contribution >= 4 is 17.3 Å². The summed E-state index contributed by atoms with van der Waals surface area (Å²) in [5.41, 5.74) is 1.77. The molecule has 1 fully saturated rings. The molecular weight excluding hydrogens is 284 g/mol. The predicted molar refractivity (Wildman–Crippen MR) is 90.2 cm³/mol. The predicted octanol–water partition coefficient (Wildman–Crippen LogP) is 3.75. The van der Waals surface area contributed by atoms with Gasteiger partial charge in [0.05, 0.1) is 5.60 Å². The van der Waals surface area contributed by atoms with Gasteiger partial charge in [-0.3, -0.25) is 0 Å². The highest BCUT2D eigenvalue weighted by Crippen LogP contribution is 2.30. The molecule has 2 N–H and O–H groups in total. The zero-order valence-electron chi connectivity index (χ0n) is 13.3. The van der Waals surface area contributed by atoms with E-state index >= 15 is 0 Å².